The fourth-order valence-corrected chi connectivity index (χ4v) is 1.43. The predicted octanol–water partition coefficient (Wildman–Crippen LogP) is 1.92. The number of aromatic nitrogens is 3. The maximum absolute atomic E-state index is 12.4. The summed E-state index contributed by atoms with van der Waals surface area (Å²) in [7, 11) is 0. The Morgan fingerprint density at radius 3 is 2.61 bits per heavy atom. The molecule has 0 radical (unpaired) electrons. The molecule has 4 nitrogen and oxygen atoms in total. The summed E-state index contributed by atoms with van der Waals surface area (Å²) in [6, 6.07) is 3.91. The lowest BCUT2D eigenvalue weighted by molar-refractivity contribution is -0.141. The molecule has 2 rings (SSSR count). The van der Waals surface area contributed by atoms with Gasteiger partial charge in [-0.3, -0.25) is 0 Å². The molecule has 0 aliphatic heterocycles. The van der Waals surface area contributed by atoms with Gasteiger partial charge in [-0.15, -0.1) is 0 Å². The highest BCUT2D eigenvalue weighted by Gasteiger charge is 2.33. The molecule has 0 spiro atoms. The van der Waals surface area contributed by atoms with E-state index >= 15 is 0 Å². The molecular formula is C10H7F3N4S. The fourth-order valence-electron chi connectivity index (χ4n) is 1.30. The topological polar surface area (TPSA) is 56.7 Å². The number of hydrogen-bond acceptors (Lipinski definition) is 3. The lowest BCUT2D eigenvalue weighted by Gasteiger charge is -2.04. The molecule has 8 heteroatoms. The van der Waals surface area contributed by atoms with Crippen LogP contribution in [0.3, 0.4) is 0 Å². The minimum atomic E-state index is -4.48. The number of rotatable bonds is 2. The van der Waals surface area contributed by atoms with Crippen LogP contribution in [-0.4, -0.2) is 19.8 Å². The van der Waals surface area contributed by atoms with E-state index in [2.05, 4.69) is 10.1 Å². The summed E-state index contributed by atoms with van der Waals surface area (Å²) >= 11 is 4.78. The molecule has 2 heterocycles. The second-order valence-corrected chi connectivity index (χ2v) is 3.85. The first-order valence-electron chi connectivity index (χ1n) is 4.77. The molecular weight excluding hydrogens is 265 g/mol. The average Bonchev–Trinajstić information content (AvgIpc) is 2.78. The third-order valence-corrected chi connectivity index (χ3v) is 2.38. The summed E-state index contributed by atoms with van der Waals surface area (Å²) < 4.78 is 38.2. The number of nitrogens with zero attached hydrogens (tertiary/aromatic N) is 3. The third kappa shape index (κ3) is 2.48. The second kappa shape index (κ2) is 4.37. The predicted molar refractivity (Wildman–Crippen MR) is 62.2 cm³/mol. The van der Waals surface area contributed by atoms with Gasteiger partial charge in [-0.2, -0.15) is 18.3 Å². The molecule has 0 aliphatic rings. The van der Waals surface area contributed by atoms with E-state index in [4.69, 9.17) is 18.0 Å². The summed E-state index contributed by atoms with van der Waals surface area (Å²) in [5, 5.41) is 3.40. The standard InChI is InChI=1S/C10H7F3N4S/c11-10(12,13)7-2-4-17(16-7)8-5-6(9(14)18)1-3-15-8/h1-5H,(H2,14,18). The fraction of sp³-hybridized carbons (Fsp3) is 0.100. The van der Waals surface area contributed by atoms with Crippen molar-refractivity contribution < 1.29 is 13.2 Å². The Morgan fingerprint density at radius 2 is 2.06 bits per heavy atom. The molecule has 0 aromatic carbocycles. The van der Waals surface area contributed by atoms with Crippen molar-refractivity contribution in [3.8, 4) is 5.82 Å². The summed E-state index contributed by atoms with van der Waals surface area (Å²) in [5.41, 5.74) is 4.96. The van der Waals surface area contributed by atoms with Crippen molar-refractivity contribution in [2.75, 3.05) is 0 Å². The van der Waals surface area contributed by atoms with E-state index < -0.39 is 11.9 Å². The van der Waals surface area contributed by atoms with E-state index in [0.717, 1.165) is 10.7 Å². The smallest absolute Gasteiger partial charge is 0.389 e. The Labute approximate surface area is 105 Å². The van der Waals surface area contributed by atoms with Crippen LogP contribution in [-0.2, 0) is 6.18 Å². The van der Waals surface area contributed by atoms with Gasteiger partial charge in [0.1, 0.15) is 4.99 Å². The average molecular weight is 272 g/mol. The summed E-state index contributed by atoms with van der Waals surface area (Å²) in [4.78, 5) is 4.05. The Bertz CT molecular complexity index is 591. The van der Waals surface area contributed by atoms with Gasteiger partial charge in [0.2, 0.25) is 0 Å². The molecule has 0 amide bonds. The third-order valence-electron chi connectivity index (χ3n) is 2.14. The molecule has 0 atom stereocenters. The Balaban J connectivity index is 2.40. The van der Waals surface area contributed by atoms with Gasteiger partial charge < -0.3 is 5.73 Å². The van der Waals surface area contributed by atoms with Crippen molar-refractivity contribution in [2.24, 2.45) is 5.73 Å². The van der Waals surface area contributed by atoms with Crippen LogP contribution in [0.15, 0.2) is 30.6 Å². The summed E-state index contributed by atoms with van der Waals surface area (Å²) in [6.07, 6.45) is -1.90. The van der Waals surface area contributed by atoms with E-state index in [1.807, 2.05) is 0 Å². The number of halogens is 3. The normalized spacial score (nSPS) is 11.5. The van der Waals surface area contributed by atoms with Gasteiger partial charge in [-0.25, -0.2) is 9.67 Å². The quantitative estimate of drug-likeness (QED) is 0.849. The highest BCUT2D eigenvalue weighted by Crippen LogP contribution is 2.27. The first-order chi connectivity index (χ1) is 8.38. The van der Waals surface area contributed by atoms with Crippen LogP contribution in [0.1, 0.15) is 11.3 Å². The molecule has 0 aliphatic carbocycles. The van der Waals surface area contributed by atoms with Gasteiger partial charge in [0.05, 0.1) is 0 Å². The number of pyridine rings is 1. The van der Waals surface area contributed by atoms with Gasteiger partial charge in [0.15, 0.2) is 11.5 Å². The Morgan fingerprint density at radius 1 is 1.33 bits per heavy atom. The van der Waals surface area contributed by atoms with E-state index in [-0.39, 0.29) is 10.8 Å². The lowest BCUT2D eigenvalue weighted by atomic mass is 10.2. The van der Waals surface area contributed by atoms with Crippen LogP contribution >= 0.6 is 12.2 Å². The van der Waals surface area contributed by atoms with E-state index in [1.54, 1.807) is 6.07 Å². The number of thiocarbonyl (C=S) groups is 1. The molecule has 2 aromatic rings. The highest BCUT2D eigenvalue weighted by atomic mass is 32.1. The Kier molecular flexibility index (Phi) is 3.04. The van der Waals surface area contributed by atoms with Gasteiger partial charge in [-0.05, 0) is 18.2 Å². The number of alkyl halides is 3. The van der Waals surface area contributed by atoms with Gasteiger partial charge >= 0.3 is 6.18 Å². The molecule has 94 valence electrons. The molecule has 2 aromatic heterocycles. The molecule has 0 fully saturated rings. The van der Waals surface area contributed by atoms with Crippen molar-refractivity contribution in [3.63, 3.8) is 0 Å². The first-order valence-corrected chi connectivity index (χ1v) is 5.18. The van der Waals surface area contributed by atoms with Gasteiger partial charge in [0, 0.05) is 18.0 Å². The SMILES string of the molecule is NC(=S)c1ccnc(-n2ccc(C(F)(F)F)n2)c1. The molecule has 0 saturated heterocycles. The summed E-state index contributed by atoms with van der Waals surface area (Å²) in [5.74, 6) is 0.218. The Hall–Kier alpha value is -1.96. The van der Waals surface area contributed by atoms with Crippen LogP contribution in [0.5, 0.6) is 0 Å². The highest BCUT2D eigenvalue weighted by molar-refractivity contribution is 7.80. The van der Waals surface area contributed by atoms with Gasteiger partial charge in [0.25, 0.3) is 0 Å². The van der Waals surface area contributed by atoms with Crippen molar-refractivity contribution in [1.82, 2.24) is 14.8 Å². The van der Waals surface area contributed by atoms with Crippen molar-refractivity contribution >= 4 is 17.2 Å². The molecule has 0 bridgehead atoms. The maximum Gasteiger partial charge on any atom is 0.435 e. The molecule has 0 saturated carbocycles. The maximum atomic E-state index is 12.4. The molecule has 0 unspecified atom stereocenters. The molecule has 18 heavy (non-hydrogen) atoms. The van der Waals surface area contributed by atoms with Crippen LogP contribution in [0.25, 0.3) is 5.82 Å². The van der Waals surface area contributed by atoms with Gasteiger partial charge in [-0.1, -0.05) is 12.2 Å². The lowest BCUT2D eigenvalue weighted by Crippen LogP contribution is -2.11. The van der Waals surface area contributed by atoms with Crippen LogP contribution < -0.4 is 5.73 Å². The molecule has 2 N–H and O–H groups in total. The largest absolute Gasteiger partial charge is 0.435 e. The monoisotopic (exact) mass is 272 g/mol. The zero-order valence-electron chi connectivity index (χ0n) is 8.85. The van der Waals surface area contributed by atoms with Crippen molar-refractivity contribution in [1.29, 1.82) is 0 Å². The number of hydrogen-bond donors (Lipinski definition) is 1. The minimum absolute atomic E-state index is 0.141. The van der Waals surface area contributed by atoms with Crippen LogP contribution in [0.2, 0.25) is 0 Å². The van der Waals surface area contributed by atoms with Crippen molar-refractivity contribution in [2.45, 2.75) is 6.18 Å². The van der Waals surface area contributed by atoms with Crippen LogP contribution in [0.4, 0.5) is 13.2 Å². The van der Waals surface area contributed by atoms with Crippen molar-refractivity contribution in [3.05, 3.63) is 41.9 Å². The zero-order chi connectivity index (χ0) is 13.3. The second-order valence-electron chi connectivity index (χ2n) is 3.41. The number of nitrogens with two attached hydrogens (primary N) is 1. The first kappa shape index (κ1) is 12.5. The summed E-state index contributed by atoms with van der Waals surface area (Å²) in [6.45, 7) is 0. The van der Waals surface area contributed by atoms with E-state index in [0.29, 0.717) is 5.56 Å². The zero-order valence-corrected chi connectivity index (χ0v) is 9.66. The minimum Gasteiger partial charge on any atom is -0.389 e. The van der Waals surface area contributed by atoms with E-state index in [9.17, 15) is 13.2 Å². The van der Waals surface area contributed by atoms with E-state index in [1.165, 1.54) is 18.5 Å². The van der Waals surface area contributed by atoms with Crippen LogP contribution in [0, 0.1) is 0 Å².